The third-order valence-corrected chi connectivity index (χ3v) is 2.74. The van der Waals surface area contributed by atoms with Crippen molar-refractivity contribution in [3.8, 4) is 0 Å². The molecule has 0 fully saturated rings. The molecular weight excluding hydrogens is 269 g/mol. The van der Waals surface area contributed by atoms with Gasteiger partial charge >= 0.3 is 0 Å². The zero-order chi connectivity index (χ0) is 13.0. The maximum atomic E-state index is 5.92. The Bertz CT molecular complexity index is 582. The van der Waals surface area contributed by atoms with Crippen LogP contribution in [0.2, 0.25) is 10.2 Å². The second-order valence-corrected chi connectivity index (χ2v) is 4.49. The standard InChI is InChI=1S/C13H11Cl2N3/c1-9(10-4-2-5-11(14)8-10)17-18-13-7-3-6-12(15)16-13/h2-8H,1H3,(H,16,18)/b17-9+. The molecule has 18 heavy (non-hydrogen) atoms. The van der Waals surface area contributed by atoms with Gasteiger partial charge in [0.05, 0.1) is 5.71 Å². The molecule has 0 saturated heterocycles. The molecule has 0 spiro atoms. The van der Waals surface area contributed by atoms with Crippen molar-refractivity contribution < 1.29 is 0 Å². The first-order valence-corrected chi connectivity index (χ1v) is 6.09. The normalized spacial score (nSPS) is 11.4. The van der Waals surface area contributed by atoms with Gasteiger partial charge in [-0.2, -0.15) is 5.10 Å². The summed E-state index contributed by atoms with van der Waals surface area (Å²) in [5.74, 6) is 0.601. The second-order valence-electron chi connectivity index (χ2n) is 3.66. The number of benzene rings is 1. The van der Waals surface area contributed by atoms with Crippen molar-refractivity contribution in [3.63, 3.8) is 0 Å². The van der Waals surface area contributed by atoms with Crippen LogP contribution in [-0.4, -0.2) is 10.7 Å². The van der Waals surface area contributed by atoms with E-state index in [1.165, 1.54) is 0 Å². The predicted molar refractivity (Wildman–Crippen MR) is 76.5 cm³/mol. The number of hydrazone groups is 1. The Morgan fingerprint density at radius 3 is 2.67 bits per heavy atom. The summed E-state index contributed by atoms with van der Waals surface area (Å²) in [5.41, 5.74) is 4.63. The van der Waals surface area contributed by atoms with E-state index in [2.05, 4.69) is 15.5 Å². The SMILES string of the molecule is C/C(=N\Nc1cccc(Cl)n1)c1cccc(Cl)c1. The van der Waals surface area contributed by atoms with Crippen molar-refractivity contribution in [2.45, 2.75) is 6.92 Å². The van der Waals surface area contributed by atoms with Crippen LogP contribution in [-0.2, 0) is 0 Å². The Labute approximate surface area is 115 Å². The molecule has 0 bridgehead atoms. The number of hydrogen-bond donors (Lipinski definition) is 1. The van der Waals surface area contributed by atoms with Gasteiger partial charge in [-0.15, -0.1) is 0 Å². The molecule has 1 aromatic heterocycles. The van der Waals surface area contributed by atoms with Crippen molar-refractivity contribution in [1.82, 2.24) is 4.98 Å². The molecule has 0 aliphatic rings. The van der Waals surface area contributed by atoms with Gasteiger partial charge < -0.3 is 0 Å². The largest absolute Gasteiger partial charge is 0.261 e. The molecule has 0 aliphatic carbocycles. The Morgan fingerprint density at radius 2 is 1.94 bits per heavy atom. The van der Waals surface area contributed by atoms with Gasteiger partial charge in [-0.1, -0.05) is 41.4 Å². The van der Waals surface area contributed by atoms with Gasteiger partial charge in [0.2, 0.25) is 0 Å². The molecular formula is C13H11Cl2N3. The highest BCUT2D eigenvalue weighted by molar-refractivity contribution is 6.31. The highest BCUT2D eigenvalue weighted by Crippen LogP contribution is 2.12. The maximum Gasteiger partial charge on any atom is 0.147 e. The van der Waals surface area contributed by atoms with Crippen LogP contribution in [0.3, 0.4) is 0 Å². The third kappa shape index (κ3) is 3.45. The fraction of sp³-hybridized carbons (Fsp3) is 0.0769. The van der Waals surface area contributed by atoms with Crippen LogP contribution in [0.4, 0.5) is 5.82 Å². The molecule has 0 atom stereocenters. The molecule has 1 aromatic carbocycles. The summed E-state index contributed by atoms with van der Waals surface area (Å²) in [6, 6.07) is 12.8. The smallest absolute Gasteiger partial charge is 0.147 e. The lowest BCUT2D eigenvalue weighted by Crippen LogP contribution is -2.00. The second kappa shape index (κ2) is 5.85. The third-order valence-electron chi connectivity index (χ3n) is 2.30. The monoisotopic (exact) mass is 279 g/mol. The number of aromatic nitrogens is 1. The van der Waals surface area contributed by atoms with Crippen LogP contribution in [0.25, 0.3) is 0 Å². The van der Waals surface area contributed by atoms with E-state index in [9.17, 15) is 0 Å². The van der Waals surface area contributed by atoms with Crippen LogP contribution in [0, 0.1) is 0 Å². The number of nitrogens with zero attached hydrogens (tertiary/aromatic N) is 2. The molecule has 92 valence electrons. The highest BCUT2D eigenvalue weighted by Gasteiger charge is 1.99. The first-order chi connectivity index (χ1) is 8.65. The fourth-order valence-electron chi connectivity index (χ4n) is 1.39. The van der Waals surface area contributed by atoms with Gasteiger partial charge in [-0.05, 0) is 36.8 Å². The molecule has 1 heterocycles. The molecule has 5 heteroatoms. The number of anilines is 1. The minimum Gasteiger partial charge on any atom is -0.261 e. The van der Waals surface area contributed by atoms with Crippen LogP contribution in [0.1, 0.15) is 12.5 Å². The number of hydrogen-bond acceptors (Lipinski definition) is 3. The first-order valence-electron chi connectivity index (χ1n) is 5.34. The lowest BCUT2D eigenvalue weighted by atomic mass is 10.1. The quantitative estimate of drug-likeness (QED) is 0.519. The highest BCUT2D eigenvalue weighted by atomic mass is 35.5. The molecule has 3 nitrogen and oxygen atoms in total. The molecule has 0 amide bonds. The minimum atomic E-state index is 0.426. The Morgan fingerprint density at radius 1 is 1.17 bits per heavy atom. The Balaban J connectivity index is 2.14. The van der Waals surface area contributed by atoms with Crippen LogP contribution in [0.15, 0.2) is 47.6 Å². The molecule has 2 rings (SSSR count). The van der Waals surface area contributed by atoms with Gasteiger partial charge in [-0.25, -0.2) is 4.98 Å². The summed E-state index contributed by atoms with van der Waals surface area (Å²) in [6.07, 6.45) is 0. The molecule has 1 N–H and O–H groups in total. The number of halogens is 2. The van der Waals surface area contributed by atoms with Gasteiger partial charge in [0.1, 0.15) is 11.0 Å². The van der Waals surface area contributed by atoms with Crippen molar-refractivity contribution in [3.05, 3.63) is 58.2 Å². The average Bonchev–Trinajstić information content (AvgIpc) is 2.36. The van der Waals surface area contributed by atoms with Crippen LogP contribution >= 0.6 is 23.2 Å². The first kappa shape index (κ1) is 12.9. The van der Waals surface area contributed by atoms with E-state index < -0.39 is 0 Å². The van der Waals surface area contributed by atoms with E-state index in [1.54, 1.807) is 12.1 Å². The number of nitrogens with one attached hydrogen (secondary N) is 1. The van der Waals surface area contributed by atoms with Crippen molar-refractivity contribution in [2.24, 2.45) is 5.10 Å². The summed E-state index contributed by atoms with van der Waals surface area (Å²) in [4.78, 5) is 4.08. The Hall–Kier alpha value is -1.58. The summed E-state index contributed by atoms with van der Waals surface area (Å²) in [5, 5.41) is 5.34. The van der Waals surface area contributed by atoms with E-state index >= 15 is 0 Å². The lowest BCUT2D eigenvalue weighted by Gasteiger charge is -2.03. The molecule has 2 aromatic rings. The van der Waals surface area contributed by atoms with Gasteiger partial charge in [0.25, 0.3) is 0 Å². The van der Waals surface area contributed by atoms with Gasteiger partial charge in [0, 0.05) is 5.02 Å². The van der Waals surface area contributed by atoms with Crippen molar-refractivity contribution in [2.75, 3.05) is 5.43 Å². The fourth-order valence-corrected chi connectivity index (χ4v) is 1.74. The topological polar surface area (TPSA) is 37.3 Å². The molecule has 0 saturated carbocycles. The predicted octanol–water partition coefficient (Wildman–Crippen LogP) is 4.22. The van der Waals surface area contributed by atoms with E-state index in [0.717, 1.165) is 11.3 Å². The maximum absolute atomic E-state index is 5.92. The van der Waals surface area contributed by atoms with E-state index in [4.69, 9.17) is 23.2 Å². The van der Waals surface area contributed by atoms with Gasteiger partial charge in [-0.3, -0.25) is 5.43 Å². The van der Waals surface area contributed by atoms with Crippen molar-refractivity contribution >= 4 is 34.7 Å². The number of rotatable bonds is 3. The van der Waals surface area contributed by atoms with E-state index in [0.29, 0.717) is 16.0 Å². The molecule has 0 radical (unpaired) electrons. The van der Waals surface area contributed by atoms with Crippen LogP contribution in [0.5, 0.6) is 0 Å². The van der Waals surface area contributed by atoms with E-state index in [1.807, 2.05) is 37.3 Å². The zero-order valence-corrected chi connectivity index (χ0v) is 11.2. The zero-order valence-electron chi connectivity index (χ0n) is 9.69. The van der Waals surface area contributed by atoms with Crippen molar-refractivity contribution in [1.29, 1.82) is 0 Å². The molecule has 0 aliphatic heterocycles. The number of pyridine rings is 1. The molecule has 0 unspecified atom stereocenters. The summed E-state index contributed by atoms with van der Waals surface area (Å²) >= 11 is 11.7. The van der Waals surface area contributed by atoms with Crippen LogP contribution < -0.4 is 5.43 Å². The Kier molecular flexibility index (Phi) is 4.18. The summed E-state index contributed by atoms with van der Waals surface area (Å²) in [7, 11) is 0. The summed E-state index contributed by atoms with van der Waals surface area (Å²) in [6.45, 7) is 1.89. The van der Waals surface area contributed by atoms with E-state index in [-0.39, 0.29) is 0 Å². The minimum absolute atomic E-state index is 0.426. The lowest BCUT2D eigenvalue weighted by molar-refractivity contribution is 1.22. The summed E-state index contributed by atoms with van der Waals surface area (Å²) < 4.78 is 0. The van der Waals surface area contributed by atoms with Gasteiger partial charge in [0.15, 0.2) is 0 Å². The average molecular weight is 280 g/mol.